The molecular formula is C20H28N4O5S. The molecule has 0 atom stereocenters. The first-order valence-corrected chi connectivity index (χ1v) is 11.8. The van der Waals surface area contributed by atoms with Gasteiger partial charge in [-0.25, -0.2) is 8.42 Å². The maximum atomic E-state index is 12.7. The minimum Gasteiger partial charge on any atom is -0.508 e. The monoisotopic (exact) mass is 436 g/mol. The van der Waals surface area contributed by atoms with Crippen molar-refractivity contribution in [1.82, 2.24) is 20.1 Å². The SMILES string of the molecule is CC(C)NC(=O)c1nnc(-c2cc(C(C)C)c(O)cc2O)n1C1CCS(=O)(=O)CC1. The number of carbonyl (C=O) groups excluding carboxylic acids is 1. The number of hydrogen-bond acceptors (Lipinski definition) is 7. The number of nitrogens with one attached hydrogen (secondary N) is 1. The number of benzene rings is 1. The molecule has 9 nitrogen and oxygen atoms in total. The van der Waals surface area contributed by atoms with Crippen molar-refractivity contribution in [3.05, 3.63) is 23.5 Å². The van der Waals surface area contributed by atoms with Crippen LogP contribution in [0.1, 0.15) is 68.7 Å². The zero-order valence-electron chi connectivity index (χ0n) is 17.6. The normalized spacial score (nSPS) is 16.9. The van der Waals surface area contributed by atoms with Crippen molar-refractivity contribution in [3.8, 4) is 22.9 Å². The minimum atomic E-state index is -3.11. The number of phenols is 2. The van der Waals surface area contributed by atoms with Crippen LogP contribution in [0.15, 0.2) is 12.1 Å². The van der Waals surface area contributed by atoms with Crippen LogP contribution in [0.4, 0.5) is 0 Å². The summed E-state index contributed by atoms with van der Waals surface area (Å²) >= 11 is 0. The minimum absolute atomic E-state index is 0.00995. The first-order chi connectivity index (χ1) is 14.0. The summed E-state index contributed by atoms with van der Waals surface area (Å²) in [6.07, 6.45) is 0.649. The van der Waals surface area contributed by atoms with Gasteiger partial charge in [0, 0.05) is 18.2 Å². The first-order valence-electron chi connectivity index (χ1n) is 10.0. The van der Waals surface area contributed by atoms with E-state index in [4.69, 9.17) is 0 Å². The maximum absolute atomic E-state index is 12.7. The Labute approximate surface area is 176 Å². The standard InChI is InChI=1S/C20H28N4O5S/c1-11(2)14-9-15(17(26)10-16(14)25)18-22-23-19(20(27)21-12(3)4)24(18)13-5-7-30(28,29)8-6-13/h9-13,25-26H,5-8H2,1-4H3,(H,21,27). The summed E-state index contributed by atoms with van der Waals surface area (Å²) in [5.41, 5.74) is 0.956. The van der Waals surface area contributed by atoms with E-state index in [1.54, 1.807) is 10.6 Å². The fourth-order valence-corrected chi connectivity index (χ4v) is 5.14. The van der Waals surface area contributed by atoms with Gasteiger partial charge in [0.25, 0.3) is 5.91 Å². The fourth-order valence-electron chi connectivity index (χ4n) is 3.67. The average Bonchev–Trinajstić information content (AvgIpc) is 3.05. The lowest BCUT2D eigenvalue weighted by Crippen LogP contribution is -2.34. The molecule has 10 heteroatoms. The molecule has 2 aromatic rings. The number of nitrogens with zero attached hydrogens (tertiary/aromatic N) is 3. The highest BCUT2D eigenvalue weighted by molar-refractivity contribution is 7.91. The highest BCUT2D eigenvalue weighted by Crippen LogP contribution is 2.39. The molecule has 1 fully saturated rings. The zero-order chi connectivity index (χ0) is 22.2. The van der Waals surface area contributed by atoms with Crippen molar-refractivity contribution in [2.75, 3.05) is 11.5 Å². The van der Waals surface area contributed by atoms with E-state index in [1.807, 2.05) is 27.7 Å². The Hall–Kier alpha value is -2.62. The number of aromatic hydroxyl groups is 2. The van der Waals surface area contributed by atoms with Crippen LogP contribution in [-0.2, 0) is 9.84 Å². The molecule has 0 saturated carbocycles. The highest BCUT2D eigenvalue weighted by atomic mass is 32.2. The Morgan fingerprint density at radius 2 is 1.73 bits per heavy atom. The van der Waals surface area contributed by atoms with Crippen LogP contribution < -0.4 is 5.32 Å². The Balaban J connectivity index is 2.15. The van der Waals surface area contributed by atoms with Crippen molar-refractivity contribution in [2.24, 2.45) is 0 Å². The quantitative estimate of drug-likeness (QED) is 0.655. The van der Waals surface area contributed by atoms with Gasteiger partial charge in [0.2, 0.25) is 5.82 Å². The zero-order valence-corrected chi connectivity index (χ0v) is 18.4. The van der Waals surface area contributed by atoms with Crippen LogP contribution in [0.3, 0.4) is 0 Å². The molecule has 1 aromatic carbocycles. The lowest BCUT2D eigenvalue weighted by Gasteiger charge is -2.26. The molecular weight excluding hydrogens is 408 g/mol. The lowest BCUT2D eigenvalue weighted by atomic mass is 9.98. The van der Waals surface area contributed by atoms with Gasteiger partial charge in [-0.15, -0.1) is 10.2 Å². The summed E-state index contributed by atoms with van der Waals surface area (Å²) in [7, 11) is -3.11. The molecule has 30 heavy (non-hydrogen) atoms. The van der Waals surface area contributed by atoms with Gasteiger partial charge in [-0.05, 0) is 44.2 Å². The van der Waals surface area contributed by atoms with Gasteiger partial charge >= 0.3 is 0 Å². The van der Waals surface area contributed by atoms with Crippen LogP contribution >= 0.6 is 0 Å². The maximum Gasteiger partial charge on any atom is 0.289 e. The number of phenolic OH excluding ortho intramolecular Hbond substituents is 2. The largest absolute Gasteiger partial charge is 0.508 e. The summed E-state index contributed by atoms with van der Waals surface area (Å²) in [4.78, 5) is 12.7. The van der Waals surface area contributed by atoms with E-state index in [0.29, 0.717) is 24.0 Å². The molecule has 0 bridgehead atoms. The van der Waals surface area contributed by atoms with Crippen molar-refractivity contribution in [2.45, 2.75) is 58.5 Å². The molecule has 2 heterocycles. The summed E-state index contributed by atoms with van der Waals surface area (Å²) in [5.74, 6) is -0.278. The fraction of sp³-hybridized carbons (Fsp3) is 0.550. The topological polar surface area (TPSA) is 134 Å². The summed E-state index contributed by atoms with van der Waals surface area (Å²) in [6.45, 7) is 7.48. The smallest absolute Gasteiger partial charge is 0.289 e. The third-order valence-corrected chi connectivity index (χ3v) is 6.93. The molecule has 0 spiro atoms. The Kier molecular flexibility index (Phi) is 6.07. The summed E-state index contributed by atoms with van der Waals surface area (Å²) < 4.78 is 25.4. The van der Waals surface area contributed by atoms with Gasteiger partial charge < -0.3 is 15.5 Å². The van der Waals surface area contributed by atoms with E-state index >= 15 is 0 Å². The molecule has 1 aliphatic heterocycles. The number of carbonyl (C=O) groups is 1. The van der Waals surface area contributed by atoms with E-state index < -0.39 is 15.7 Å². The predicted molar refractivity (Wildman–Crippen MR) is 112 cm³/mol. The molecule has 0 aliphatic carbocycles. The third-order valence-electron chi connectivity index (χ3n) is 5.22. The third kappa shape index (κ3) is 4.43. The Morgan fingerprint density at radius 3 is 2.30 bits per heavy atom. The van der Waals surface area contributed by atoms with Crippen molar-refractivity contribution in [1.29, 1.82) is 0 Å². The number of rotatable bonds is 5. The molecule has 164 valence electrons. The van der Waals surface area contributed by atoms with Crippen molar-refractivity contribution in [3.63, 3.8) is 0 Å². The van der Waals surface area contributed by atoms with Gasteiger partial charge in [-0.3, -0.25) is 9.36 Å². The number of hydrogen-bond donors (Lipinski definition) is 3. The van der Waals surface area contributed by atoms with E-state index in [0.717, 1.165) is 0 Å². The van der Waals surface area contributed by atoms with Crippen LogP contribution in [0.5, 0.6) is 11.5 Å². The number of sulfone groups is 1. The Morgan fingerprint density at radius 1 is 1.10 bits per heavy atom. The predicted octanol–water partition coefficient (Wildman–Crippen LogP) is 2.37. The van der Waals surface area contributed by atoms with E-state index in [1.165, 1.54) is 6.07 Å². The molecule has 1 aliphatic rings. The van der Waals surface area contributed by atoms with E-state index in [2.05, 4.69) is 15.5 Å². The van der Waals surface area contributed by atoms with E-state index in [-0.39, 0.29) is 52.7 Å². The van der Waals surface area contributed by atoms with Gasteiger partial charge in [-0.2, -0.15) is 0 Å². The van der Waals surface area contributed by atoms with Crippen molar-refractivity contribution >= 4 is 15.7 Å². The average molecular weight is 437 g/mol. The molecule has 1 saturated heterocycles. The van der Waals surface area contributed by atoms with Crippen LogP contribution in [0.2, 0.25) is 0 Å². The van der Waals surface area contributed by atoms with E-state index in [9.17, 15) is 23.4 Å². The molecule has 0 unspecified atom stereocenters. The molecule has 3 rings (SSSR count). The van der Waals surface area contributed by atoms with Gasteiger partial charge in [0.05, 0.1) is 17.1 Å². The summed E-state index contributed by atoms with van der Waals surface area (Å²) in [6, 6.07) is 2.47. The highest BCUT2D eigenvalue weighted by Gasteiger charge is 2.32. The molecule has 0 radical (unpaired) electrons. The molecule has 3 N–H and O–H groups in total. The van der Waals surface area contributed by atoms with Crippen LogP contribution in [0.25, 0.3) is 11.4 Å². The van der Waals surface area contributed by atoms with Gasteiger partial charge in [0.15, 0.2) is 5.82 Å². The van der Waals surface area contributed by atoms with Crippen LogP contribution in [-0.4, -0.2) is 56.9 Å². The number of amides is 1. The van der Waals surface area contributed by atoms with Gasteiger partial charge in [-0.1, -0.05) is 13.8 Å². The molecule has 1 amide bonds. The first kappa shape index (κ1) is 22.1. The molecule has 1 aromatic heterocycles. The van der Waals surface area contributed by atoms with Gasteiger partial charge in [0.1, 0.15) is 21.3 Å². The lowest BCUT2D eigenvalue weighted by molar-refractivity contribution is 0.0925. The number of aromatic nitrogens is 3. The van der Waals surface area contributed by atoms with Crippen LogP contribution in [0, 0.1) is 0 Å². The van der Waals surface area contributed by atoms with Crippen molar-refractivity contribution < 1.29 is 23.4 Å². The summed E-state index contributed by atoms with van der Waals surface area (Å²) in [5, 5.41) is 31.7. The Bertz CT molecular complexity index is 1050. The second kappa shape index (κ2) is 8.25. The second-order valence-corrected chi connectivity index (χ2v) is 10.6. The second-order valence-electron chi connectivity index (χ2n) is 8.31.